The molecule has 6 N–H and O–H groups in total. The molecular formula is C29H26N2O8. The number of carbonyl (C=O) groups is 3. The van der Waals surface area contributed by atoms with Crippen LogP contribution in [-0.2, 0) is 20.8 Å². The van der Waals surface area contributed by atoms with E-state index < -0.39 is 58.0 Å². The highest BCUT2D eigenvalue weighted by molar-refractivity contribution is 6.24. The molecule has 1 amide bonds. The van der Waals surface area contributed by atoms with Gasteiger partial charge in [-0.3, -0.25) is 19.3 Å². The average Bonchev–Trinajstić information content (AvgIpc) is 3.30. The summed E-state index contributed by atoms with van der Waals surface area (Å²) in [6.07, 6.45) is 0.191. The number of phenols is 1. The normalized spacial score (nSPS) is 26.6. The Kier molecular flexibility index (Phi) is 5.29. The number of aliphatic hydroxyl groups is 3. The fourth-order valence-electron chi connectivity index (χ4n) is 6.59. The molecule has 39 heavy (non-hydrogen) atoms. The lowest BCUT2D eigenvalue weighted by Crippen LogP contribution is -2.65. The molecular weight excluding hydrogens is 504 g/mol. The third-order valence-corrected chi connectivity index (χ3v) is 8.30. The van der Waals surface area contributed by atoms with Crippen molar-refractivity contribution in [2.24, 2.45) is 17.6 Å². The molecule has 2 aromatic carbocycles. The maximum absolute atomic E-state index is 13.9. The summed E-state index contributed by atoms with van der Waals surface area (Å²) in [6.45, 7) is 0. The number of fused-ring (bicyclic) bond motifs is 4. The van der Waals surface area contributed by atoms with Crippen molar-refractivity contribution in [1.82, 2.24) is 4.90 Å². The zero-order valence-corrected chi connectivity index (χ0v) is 21.1. The molecule has 10 heteroatoms. The number of amides is 1. The minimum Gasteiger partial charge on any atom is -0.508 e. The number of furan rings is 1. The summed E-state index contributed by atoms with van der Waals surface area (Å²) < 4.78 is 6.04. The molecule has 1 aromatic heterocycles. The molecule has 200 valence electrons. The first-order valence-corrected chi connectivity index (χ1v) is 12.4. The van der Waals surface area contributed by atoms with Crippen LogP contribution in [0.3, 0.4) is 0 Å². The van der Waals surface area contributed by atoms with Crippen molar-refractivity contribution in [2.45, 2.75) is 24.5 Å². The molecule has 1 heterocycles. The van der Waals surface area contributed by atoms with Crippen LogP contribution in [0.25, 0.3) is 28.1 Å². The van der Waals surface area contributed by atoms with Gasteiger partial charge in [0.05, 0.1) is 11.6 Å². The zero-order valence-electron chi connectivity index (χ0n) is 21.1. The van der Waals surface area contributed by atoms with Crippen molar-refractivity contribution in [3.8, 4) is 17.1 Å². The number of hydrogen-bond acceptors (Lipinski definition) is 9. The fraction of sp³-hybridized carbons (Fsp3) is 0.276. The van der Waals surface area contributed by atoms with Gasteiger partial charge in [-0.05, 0) is 62.7 Å². The van der Waals surface area contributed by atoms with Crippen LogP contribution in [0.2, 0.25) is 0 Å². The maximum atomic E-state index is 13.9. The molecule has 1 fully saturated rings. The number of nitrogens with two attached hydrogens (primary N) is 1. The van der Waals surface area contributed by atoms with Crippen molar-refractivity contribution >= 4 is 34.2 Å². The van der Waals surface area contributed by atoms with Crippen LogP contribution in [0.15, 0.2) is 63.8 Å². The molecule has 1 saturated carbocycles. The predicted octanol–water partition coefficient (Wildman–Crippen LogP) is 2.38. The minimum atomic E-state index is -2.67. The van der Waals surface area contributed by atoms with Crippen molar-refractivity contribution in [1.29, 1.82) is 0 Å². The first kappa shape index (κ1) is 24.9. The number of likely N-dealkylation sites (N-methyl/N-ethyl adjacent to an activating group) is 1. The second-order valence-electron chi connectivity index (χ2n) is 10.6. The van der Waals surface area contributed by atoms with Crippen LogP contribution in [0.1, 0.15) is 17.5 Å². The minimum absolute atomic E-state index is 0.0149. The Bertz CT molecular complexity index is 1650. The maximum Gasteiger partial charge on any atom is 0.255 e. The summed E-state index contributed by atoms with van der Waals surface area (Å²) in [5, 5.41) is 45.7. The number of rotatable bonds is 3. The second kappa shape index (κ2) is 8.29. The van der Waals surface area contributed by atoms with Gasteiger partial charge in [0.25, 0.3) is 5.91 Å². The van der Waals surface area contributed by atoms with Gasteiger partial charge in [0.1, 0.15) is 34.2 Å². The van der Waals surface area contributed by atoms with Gasteiger partial charge in [0, 0.05) is 22.4 Å². The lowest BCUT2D eigenvalue weighted by molar-refractivity contribution is -0.153. The van der Waals surface area contributed by atoms with Gasteiger partial charge in [-0.2, -0.15) is 0 Å². The van der Waals surface area contributed by atoms with E-state index in [-0.39, 0.29) is 29.7 Å². The summed E-state index contributed by atoms with van der Waals surface area (Å²) >= 11 is 0. The van der Waals surface area contributed by atoms with Gasteiger partial charge >= 0.3 is 0 Å². The van der Waals surface area contributed by atoms with Gasteiger partial charge in [-0.15, -0.1) is 0 Å². The summed E-state index contributed by atoms with van der Waals surface area (Å²) in [4.78, 5) is 40.7. The third-order valence-electron chi connectivity index (χ3n) is 8.30. The lowest BCUT2D eigenvalue weighted by atomic mass is 9.57. The second-order valence-corrected chi connectivity index (χ2v) is 10.6. The van der Waals surface area contributed by atoms with E-state index >= 15 is 0 Å². The molecule has 0 bridgehead atoms. The number of nitrogens with zero attached hydrogens (tertiary/aromatic N) is 1. The Balaban J connectivity index is 1.56. The lowest BCUT2D eigenvalue weighted by Gasteiger charge is -2.50. The van der Waals surface area contributed by atoms with Gasteiger partial charge in [-0.25, -0.2) is 0 Å². The molecule has 0 radical (unpaired) electrons. The Morgan fingerprint density at radius 2 is 1.82 bits per heavy atom. The average molecular weight is 531 g/mol. The highest BCUT2D eigenvalue weighted by Crippen LogP contribution is 2.53. The molecule has 0 saturated heterocycles. The number of ketones is 2. The summed E-state index contributed by atoms with van der Waals surface area (Å²) in [5.41, 5.74) is 3.48. The third kappa shape index (κ3) is 3.25. The molecule has 0 spiro atoms. The molecule has 0 aliphatic heterocycles. The first-order valence-electron chi connectivity index (χ1n) is 12.4. The number of phenolic OH excluding ortho intramolecular Hbond substituents is 1. The number of Topliss-reactive ketones (excluding diaryl/α,β-unsaturated/α-hetero) is 2. The van der Waals surface area contributed by atoms with E-state index in [1.165, 1.54) is 11.0 Å². The number of hydrogen-bond donors (Lipinski definition) is 5. The monoisotopic (exact) mass is 530 g/mol. The largest absolute Gasteiger partial charge is 0.508 e. The van der Waals surface area contributed by atoms with E-state index in [2.05, 4.69) is 0 Å². The molecule has 6 rings (SSSR count). The molecule has 3 aromatic rings. The van der Waals surface area contributed by atoms with Gasteiger partial charge in [0.2, 0.25) is 5.78 Å². The van der Waals surface area contributed by atoms with E-state index in [1.54, 1.807) is 20.2 Å². The standard InChI is InChI=1S/C29H26N2O8/c1-31(2)23-16-10-13-9-15-14(19-11-12-5-3-4-6-18(12)39-19)7-8-17(32)21(15)24(33)20(13)26(35)29(16,38)27(36)22(25(23)34)28(30)37/h3-8,11,13,16,23,32-33,36,38H,9-10H2,1-2H3,(H2,30,37). The van der Waals surface area contributed by atoms with E-state index in [1.807, 2.05) is 30.3 Å². The SMILES string of the molecule is CN(C)C1C(=O)C(C(N)=O)=C(O)C2(O)C(=O)C3=C(O)c4c(O)ccc(-c5cc6ccccc6o5)c4CC3CC12. The van der Waals surface area contributed by atoms with Gasteiger partial charge < -0.3 is 30.6 Å². The van der Waals surface area contributed by atoms with Crippen LogP contribution in [0.5, 0.6) is 5.75 Å². The topological polar surface area (TPSA) is 175 Å². The Morgan fingerprint density at radius 3 is 2.49 bits per heavy atom. The quantitative estimate of drug-likeness (QED) is 0.318. The van der Waals surface area contributed by atoms with Crippen LogP contribution in [0.4, 0.5) is 0 Å². The first-order chi connectivity index (χ1) is 18.5. The summed E-state index contributed by atoms with van der Waals surface area (Å²) in [5.74, 6) is -6.34. The van der Waals surface area contributed by atoms with Crippen molar-refractivity contribution in [3.05, 3.63) is 70.5 Å². The zero-order chi connectivity index (χ0) is 28.0. The van der Waals surface area contributed by atoms with E-state index in [9.17, 15) is 34.8 Å². The number of aromatic hydroxyl groups is 1. The summed E-state index contributed by atoms with van der Waals surface area (Å²) in [7, 11) is 3.12. The van der Waals surface area contributed by atoms with E-state index in [4.69, 9.17) is 10.2 Å². The Labute approximate surface area is 222 Å². The number of primary amides is 1. The fourth-order valence-corrected chi connectivity index (χ4v) is 6.59. The van der Waals surface area contributed by atoms with Crippen molar-refractivity contribution < 1.29 is 39.2 Å². The number of benzene rings is 2. The Hall–Kier alpha value is -4.41. The van der Waals surface area contributed by atoms with Crippen LogP contribution < -0.4 is 5.73 Å². The smallest absolute Gasteiger partial charge is 0.255 e. The highest BCUT2D eigenvalue weighted by Gasteiger charge is 2.64. The molecule has 4 atom stereocenters. The summed E-state index contributed by atoms with van der Waals surface area (Å²) in [6, 6.07) is 11.2. The molecule has 3 aliphatic rings. The van der Waals surface area contributed by atoms with E-state index in [0.29, 0.717) is 22.5 Å². The van der Waals surface area contributed by atoms with Crippen molar-refractivity contribution in [2.75, 3.05) is 14.1 Å². The molecule has 4 unspecified atom stereocenters. The number of carbonyl (C=O) groups excluding carboxylic acids is 3. The van der Waals surface area contributed by atoms with Crippen molar-refractivity contribution in [3.63, 3.8) is 0 Å². The predicted molar refractivity (Wildman–Crippen MR) is 139 cm³/mol. The highest BCUT2D eigenvalue weighted by atomic mass is 16.4. The molecule has 3 aliphatic carbocycles. The van der Waals surface area contributed by atoms with Crippen LogP contribution in [-0.4, -0.2) is 68.5 Å². The molecule has 10 nitrogen and oxygen atoms in total. The van der Waals surface area contributed by atoms with E-state index in [0.717, 1.165) is 5.39 Å². The number of aliphatic hydroxyl groups excluding tert-OH is 2. The Morgan fingerprint density at radius 1 is 1.10 bits per heavy atom. The van der Waals surface area contributed by atoms with Gasteiger partial charge in [-0.1, -0.05) is 18.2 Å². The van der Waals surface area contributed by atoms with Gasteiger partial charge in [0.15, 0.2) is 11.4 Å². The number of para-hydroxylation sites is 1. The van der Waals surface area contributed by atoms with Crippen LogP contribution >= 0.6 is 0 Å². The van der Waals surface area contributed by atoms with Crippen LogP contribution in [0, 0.1) is 11.8 Å².